The van der Waals surface area contributed by atoms with Crippen molar-refractivity contribution in [1.29, 1.82) is 0 Å². The van der Waals surface area contributed by atoms with Gasteiger partial charge in [0.1, 0.15) is 0 Å². The van der Waals surface area contributed by atoms with Crippen LogP contribution < -0.4 is 5.32 Å². The van der Waals surface area contributed by atoms with Gasteiger partial charge in [-0.2, -0.15) is 0 Å². The normalized spacial score (nSPS) is 35.6. The van der Waals surface area contributed by atoms with Gasteiger partial charge in [0, 0.05) is 24.2 Å². The summed E-state index contributed by atoms with van der Waals surface area (Å²) in [6, 6.07) is 3.26. The van der Waals surface area contributed by atoms with Crippen LogP contribution in [0.5, 0.6) is 0 Å². The van der Waals surface area contributed by atoms with Crippen molar-refractivity contribution in [3.63, 3.8) is 0 Å². The first kappa shape index (κ1) is 12.4. The standard InChI is InChI=1S/C14H28N2/c1-4-8-15-12-9-13-6-5-7-14(10-12)16(13)11(2)3/h11-15H,4-10H2,1-3H3. The fourth-order valence-corrected chi connectivity index (χ4v) is 3.78. The van der Waals surface area contributed by atoms with Crippen LogP contribution in [0.4, 0.5) is 0 Å². The van der Waals surface area contributed by atoms with Crippen LogP contribution in [0.15, 0.2) is 0 Å². The molecule has 2 bridgehead atoms. The van der Waals surface area contributed by atoms with Crippen LogP contribution in [0.25, 0.3) is 0 Å². The minimum Gasteiger partial charge on any atom is -0.314 e. The molecule has 2 heterocycles. The van der Waals surface area contributed by atoms with Gasteiger partial charge < -0.3 is 5.32 Å². The van der Waals surface area contributed by atoms with Gasteiger partial charge in [-0.3, -0.25) is 4.90 Å². The van der Waals surface area contributed by atoms with Gasteiger partial charge in [0.05, 0.1) is 0 Å². The Labute approximate surface area is 101 Å². The lowest BCUT2D eigenvalue weighted by molar-refractivity contribution is 0.000280. The van der Waals surface area contributed by atoms with Crippen molar-refractivity contribution in [3.8, 4) is 0 Å². The van der Waals surface area contributed by atoms with Gasteiger partial charge in [0.15, 0.2) is 0 Å². The molecule has 2 unspecified atom stereocenters. The molecule has 2 nitrogen and oxygen atoms in total. The molecule has 16 heavy (non-hydrogen) atoms. The minimum absolute atomic E-state index is 0.738. The van der Waals surface area contributed by atoms with Gasteiger partial charge in [0.2, 0.25) is 0 Å². The van der Waals surface area contributed by atoms with Crippen molar-refractivity contribution in [2.75, 3.05) is 6.54 Å². The van der Waals surface area contributed by atoms with Crippen molar-refractivity contribution in [3.05, 3.63) is 0 Å². The lowest BCUT2D eigenvalue weighted by Crippen LogP contribution is -2.58. The van der Waals surface area contributed by atoms with Gasteiger partial charge in [-0.15, -0.1) is 0 Å². The molecule has 0 amide bonds. The maximum absolute atomic E-state index is 3.73. The summed E-state index contributed by atoms with van der Waals surface area (Å²) < 4.78 is 0. The highest BCUT2D eigenvalue weighted by atomic mass is 15.2. The summed E-state index contributed by atoms with van der Waals surface area (Å²) in [4.78, 5) is 2.80. The van der Waals surface area contributed by atoms with Crippen molar-refractivity contribution in [2.24, 2.45) is 0 Å². The molecule has 94 valence electrons. The van der Waals surface area contributed by atoms with E-state index in [1.165, 1.54) is 45.1 Å². The number of rotatable bonds is 4. The fraction of sp³-hybridized carbons (Fsp3) is 1.00. The average Bonchev–Trinajstić information content (AvgIpc) is 2.24. The zero-order valence-corrected chi connectivity index (χ0v) is 11.2. The molecule has 2 rings (SSSR count). The summed E-state index contributed by atoms with van der Waals surface area (Å²) >= 11 is 0. The molecule has 0 aromatic carbocycles. The smallest absolute Gasteiger partial charge is 0.0116 e. The first-order chi connectivity index (χ1) is 7.72. The molecule has 2 aliphatic heterocycles. The van der Waals surface area contributed by atoms with Crippen LogP contribution in [0.1, 0.15) is 59.3 Å². The lowest BCUT2D eigenvalue weighted by Gasteiger charge is -2.51. The highest BCUT2D eigenvalue weighted by Crippen LogP contribution is 2.35. The van der Waals surface area contributed by atoms with Crippen LogP contribution in [0.2, 0.25) is 0 Å². The second kappa shape index (κ2) is 5.50. The monoisotopic (exact) mass is 224 g/mol. The van der Waals surface area contributed by atoms with E-state index in [1.807, 2.05) is 0 Å². The van der Waals surface area contributed by atoms with Crippen LogP contribution in [-0.4, -0.2) is 35.6 Å². The third-order valence-corrected chi connectivity index (χ3v) is 4.31. The van der Waals surface area contributed by atoms with Crippen LogP contribution in [0.3, 0.4) is 0 Å². The molecule has 0 spiro atoms. The fourth-order valence-electron chi connectivity index (χ4n) is 3.78. The SMILES string of the molecule is CCCNC1CC2CCCC(C1)N2C(C)C. The Kier molecular flexibility index (Phi) is 4.26. The van der Waals surface area contributed by atoms with Gasteiger partial charge >= 0.3 is 0 Å². The zero-order valence-electron chi connectivity index (χ0n) is 11.2. The van der Waals surface area contributed by atoms with Crippen LogP contribution in [0, 0.1) is 0 Å². The molecule has 2 atom stereocenters. The Hall–Kier alpha value is -0.0800. The average molecular weight is 224 g/mol. The molecule has 0 saturated carbocycles. The summed E-state index contributed by atoms with van der Waals surface area (Å²) in [5.74, 6) is 0. The molecule has 0 radical (unpaired) electrons. The summed E-state index contributed by atoms with van der Waals surface area (Å²) in [6.07, 6.45) is 8.35. The summed E-state index contributed by atoms with van der Waals surface area (Å²) in [5, 5.41) is 3.73. The van der Waals surface area contributed by atoms with E-state index >= 15 is 0 Å². The second-order valence-electron chi connectivity index (χ2n) is 5.90. The van der Waals surface area contributed by atoms with Gasteiger partial charge in [-0.05, 0) is 52.5 Å². The molecule has 0 aliphatic carbocycles. The quantitative estimate of drug-likeness (QED) is 0.790. The number of nitrogens with zero attached hydrogens (tertiary/aromatic N) is 1. The largest absolute Gasteiger partial charge is 0.314 e. The van der Waals surface area contributed by atoms with E-state index in [2.05, 4.69) is 31.0 Å². The number of hydrogen-bond acceptors (Lipinski definition) is 2. The number of piperidine rings is 2. The van der Waals surface area contributed by atoms with Crippen molar-refractivity contribution in [1.82, 2.24) is 10.2 Å². The molecule has 2 fully saturated rings. The number of hydrogen-bond donors (Lipinski definition) is 1. The topological polar surface area (TPSA) is 15.3 Å². The van der Waals surface area contributed by atoms with E-state index in [0.717, 1.165) is 24.2 Å². The van der Waals surface area contributed by atoms with Gasteiger partial charge in [-0.1, -0.05) is 13.3 Å². The molecule has 2 heteroatoms. The molecule has 0 aromatic rings. The van der Waals surface area contributed by atoms with E-state index in [4.69, 9.17) is 0 Å². The van der Waals surface area contributed by atoms with Crippen LogP contribution >= 0.6 is 0 Å². The van der Waals surface area contributed by atoms with Crippen molar-refractivity contribution in [2.45, 2.75) is 83.5 Å². The van der Waals surface area contributed by atoms with Gasteiger partial charge in [-0.25, -0.2) is 0 Å². The van der Waals surface area contributed by atoms with E-state index in [-0.39, 0.29) is 0 Å². The first-order valence-corrected chi connectivity index (χ1v) is 7.23. The number of fused-ring (bicyclic) bond motifs is 2. The first-order valence-electron chi connectivity index (χ1n) is 7.23. The molecular formula is C14H28N2. The highest BCUT2D eigenvalue weighted by molar-refractivity contribution is 4.96. The molecule has 1 N–H and O–H groups in total. The second-order valence-corrected chi connectivity index (χ2v) is 5.90. The molecule has 2 saturated heterocycles. The summed E-state index contributed by atoms with van der Waals surface area (Å²) in [5.41, 5.74) is 0. The predicted octanol–water partition coefficient (Wildman–Crippen LogP) is 2.78. The predicted molar refractivity (Wildman–Crippen MR) is 69.7 cm³/mol. The lowest BCUT2D eigenvalue weighted by atomic mass is 9.81. The maximum atomic E-state index is 3.73. The van der Waals surface area contributed by atoms with Crippen molar-refractivity contribution >= 4 is 0 Å². The van der Waals surface area contributed by atoms with Gasteiger partial charge in [0.25, 0.3) is 0 Å². The third kappa shape index (κ3) is 2.60. The van der Waals surface area contributed by atoms with E-state index in [0.29, 0.717) is 0 Å². The van der Waals surface area contributed by atoms with E-state index in [1.54, 1.807) is 0 Å². The molecule has 0 aromatic heterocycles. The van der Waals surface area contributed by atoms with Crippen molar-refractivity contribution < 1.29 is 0 Å². The molecular weight excluding hydrogens is 196 g/mol. The van der Waals surface area contributed by atoms with E-state index < -0.39 is 0 Å². The third-order valence-electron chi connectivity index (χ3n) is 4.31. The van der Waals surface area contributed by atoms with Crippen LogP contribution in [-0.2, 0) is 0 Å². The maximum Gasteiger partial charge on any atom is 0.0116 e. The summed E-state index contributed by atoms with van der Waals surface area (Å²) in [7, 11) is 0. The molecule has 2 aliphatic rings. The Morgan fingerprint density at radius 3 is 2.31 bits per heavy atom. The Morgan fingerprint density at radius 2 is 1.81 bits per heavy atom. The Morgan fingerprint density at radius 1 is 1.19 bits per heavy atom. The summed E-state index contributed by atoms with van der Waals surface area (Å²) in [6.45, 7) is 8.19. The van der Waals surface area contributed by atoms with E-state index in [9.17, 15) is 0 Å². The Balaban J connectivity index is 1.95. The Bertz CT molecular complexity index is 201. The zero-order chi connectivity index (χ0) is 11.5. The number of nitrogens with one attached hydrogen (secondary N) is 1. The minimum atomic E-state index is 0.738. The highest BCUT2D eigenvalue weighted by Gasteiger charge is 2.38.